The highest BCUT2D eigenvalue weighted by Crippen LogP contribution is 2.29. The van der Waals surface area contributed by atoms with E-state index in [2.05, 4.69) is 25.1 Å². The van der Waals surface area contributed by atoms with Gasteiger partial charge in [0.2, 0.25) is 0 Å². The van der Waals surface area contributed by atoms with Gasteiger partial charge in [-0.25, -0.2) is 12.4 Å². The van der Waals surface area contributed by atoms with Gasteiger partial charge < -0.3 is 0 Å². The van der Waals surface area contributed by atoms with Gasteiger partial charge in [-0.2, -0.15) is 0 Å². The highest BCUT2D eigenvalue weighted by atomic mass is 32.2. The van der Waals surface area contributed by atoms with Crippen LogP contribution in [0.2, 0.25) is 0 Å². The summed E-state index contributed by atoms with van der Waals surface area (Å²) in [4.78, 5) is 0.298. The van der Waals surface area contributed by atoms with E-state index < -0.39 is 10.0 Å². The molecule has 1 aromatic heterocycles. The number of aromatic nitrogens is 1. The van der Waals surface area contributed by atoms with Crippen LogP contribution < -0.4 is 0 Å². The van der Waals surface area contributed by atoms with E-state index in [1.54, 1.807) is 18.3 Å². The first kappa shape index (κ1) is 17.6. The third-order valence-corrected chi connectivity index (χ3v) is 6.76. The van der Waals surface area contributed by atoms with E-state index in [0.717, 1.165) is 10.9 Å². The summed E-state index contributed by atoms with van der Waals surface area (Å²) in [6, 6.07) is 25.1. The Morgan fingerprint density at radius 3 is 2.22 bits per heavy atom. The Labute approximate surface area is 160 Å². The zero-order chi connectivity index (χ0) is 19.0. The topological polar surface area (TPSA) is 39.1 Å². The van der Waals surface area contributed by atoms with Gasteiger partial charge in [0, 0.05) is 17.5 Å². The summed E-state index contributed by atoms with van der Waals surface area (Å²) in [6.07, 6.45) is 1.64. The second kappa shape index (κ2) is 6.71. The van der Waals surface area contributed by atoms with Crippen LogP contribution in [-0.4, -0.2) is 12.4 Å². The first-order chi connectivity index (χ1) is 13.0. The Kier molecular flexibility index (Phi) is 4.36. The number of hydrogen-bond donors (Lipinski definition) is 0. The third kappa shape index (κ3) is 3.17. The van der Waals surface area contributed by atoms with Crippen LogP contribution in [0.3, 0.4) is 0 Å². The van der Waals surface area contributed by atoms with Crippen LogP contribution in [0.4, 0.5) is 0 Å². The van der Waals surface area contributed by atoms with Crippen molar-refractivity contribution in [2.75, 3.05) is 0 Å². The molecule has 0 radical (unpaired) electrons. The lowest BCUT2D eigenvalue weighted by Crippen LogP contribution is -2.11. The number of hydrogen-bond acceptors (Lipinski definition) is 2. The van der Waals surface area contributed by atoms with E-state index in [4.69, 9.17) is 0 Å². The summed E-state index contributed by atoms with van der Waals surface area (Å²) in [6.45, 7) is 4.10. The normalized spacial score (nSPS) is 13.0. The smallest absolute Gasteiger partial charge is 0.241 e. The fourth-order valence-electron chi connectivity index (χ4n) is 3.37. The Morgan fingerprint density at radius 1 is 0.815 bits per heavy atom. The highest BCUT2D eigenvalue weighted by molar-refractivity contribution is 7.90. The zero-order valence-corrected chi connectivity index (χ0v) is 16.1. The summed E-state index contributed by atoms with van der Waals surface area (Å²) in [5.74, 6) is 0.243. The van der Waals surface area contributed by atoms with Crippen molar-refractivity contribution in [3.8, 4) is 0 Å². The maximum Gasteiger partial charge on any atom is 0.268 e. The molecule has 27 heavy (non-hydrogen) atoms. The SMILES string of the molecule is Cc1ccc(S(=O)(=O)n2ccc3cc([C@@H](C)c4ccccc4)ccc32)cc1. The number of aryl methyl sites for hydroxylation is 1. The molecular weight excluding hydrogens is 354 g/mol. The lowest BCUT2D eigenvalue weighted by molar-refractivity contribution is 0.589. The molecule has 0 aliphatic heterocycles. The molecule has 4 aromatic rings. The molecule has 4 rings (SSSR count). The molecule has 3 nitrogen and oxygen atoms in total. The average molecular weight is 375 g/mol. The van der Waals surface area contributed by atoms with E-state index in [1.807, 2.05) is 55.5 Å². The van der Waals surface area contributed by atoms with Gasteiger partial charge >= 0.3 is 0 Å². The van der Waals surface area contributed by atoms with Gasteiger partial charge in [0.25, 0.3) is 10.0 Å². The number of benzene rings is 3. The predicted octanol–water partition coefficient (Wildman–Crippen LogP) is 5.34. The van der Waals surface area contributed by atoms with Crippen LogP contribution in [-0.2, 0) is 10.0 Å². The minimum atomic E-state index is -3.61. The van der Waals surface area contributed by atoms with Crippen LogP contribution in [0.25, 0.3) is 10.9 Å². The second-order valence-electron chi connectivity index (χ2n) is 6.88. The Hall–Kier alpha value is -2.85. The van der Waals surface area contributed by atoms with Crippen molar-refractivity contribution in [2.45, 2.75) is 24.7 Å². The molecule has 0 spiro atoms. The summed E-state index contributed by atoms with van der Waals surface area (Å²) in [5, 5.41) is 0.922. The van der Waals surface area contributed by atoms with Gasteiger partial charge in [0.15, 0.2) is 0 Å². The fraction of sp³-hybridized carbons (Fsp3) is 0.130. The summed E-state index contributed by atoms with van der Waals surface area (Å²) in [7, 11) is -3.61. The van der Waals surface area contributed by atoms with E-state index >= 15 is 0 Å². The molecule has 136 valence electrons. The molecule has 0 aliphatic rings. The zero-order valence-electron chi connectivity index (χ0n) is 15.3. The lowest BCUT2D eigenvalue weighted by Gasteiger charge is -2.13. The molecular formula is C23H21NO2S. The molecule has 0 unspecified atom stereocenters. The first-order valence-electron chi connectivity index (χ1n) is 8.95. The molecule has 0 fully saturated rings. The molecule has 0 saturated heterocycles. The van der Waals surface area contributed by atoms with Crippen LogP contribution >= 0.6 is 0 Å². The predicted molar refractivity (Wildman–Crippen MR) is 110 cm³/mol. The fourth-order valence-corrected chi connectivity index (χ4v) is 4.73. The van der Waals surface area contributed by atoms with E-state index in [9.17, 15) is 8.42 Å². The lowest BCUT2D eigenvalue weighted by atomic mass is 9.92. The van der Waals surface area contributed by atoms with Gasteiger partial charge in [-0.15, -0.1) is 0 Å². The van der Waals surface area contributed by atoms with Gasteiger partial charge in [-0.05, 0) is 48.4 Å². The van der Waals surface area contributed by atoms with Crippen molar-refractivity contribution in [1.82, 2.24) is 3.97 Å². The summed E-state index contributed by atoms with van der Waals surface area (Å²) < 4.78 is 27.4. The molecule has 1 atom stereocenters. The maximum atomic E-state index is 13.0. The first-order valence-corrected chi connectivity index (χ1v) is 10.4. The Bertz CT molecular complexity index is 1190. The number of nitrogens with zero attached hydrogens (tertiary/aromatic N) is 1. The van der Waals surface area contributed by atoms with E-state index in [0.29, 0.717) is 10.4 Å². The Balaban J connectivity index is 1.76. The van der Waals surface area contributed by atoms with E-state index in [1.165, 1.54) is 15.1 Å². The van der Waals surface area contributed by atoms with Gasteiger partial charge in [-0.1, -0.05) is 61.0 Å². The molecule has 4 heteroatoms. The number of rotatable bonds is 4. The molecule has 0 saturated carbocycles. The Morgan fingerprint density at radius 2 is 1.52 bits per heavy atom. The maximum absolute atomic E-state index is 13.0. The largest absolute Gasteiger partial charge is 0.268 e. The molecule has 0 bridgehead atoms. The van der Waals surface area contributed by atoms with Crippen molar-refractivity contribution in [3.05, 3.63) is 102 Å². The third-order valence-electron chi connectivity index (χ3n) is 5.06. The van der Waals surface area contributed by atoms with Crippen molar-refractivity contribution in [2.24, 2.45) is 0 Å². The highest BCUT2D eigenvalue weighted by Gasteiger charge is 2.19. The summed E-state index contributed by atoms with van der Waals surface area (Å²) in [5.41, 5.74) is 4.13. The van der Waals surface area contributed by atoms with Crippen molar-refractivity contribution in [3.63, 3.8) is 0 Å². The molecule has 3 aromatic carbocycles. The monoisotopic (exact) mass is 375 g/mol. The van der Waals surface area contributed by atoms with Crippen LogP contribution in [0, 0.1) is 6.92 Å². The van der Waals surface area contributed by atoms with E-state index in [-0.39, 0.29) is 5.92 Å². The second-order valence-corrected chi connectivity index (χ2v) is 8.70. The van der Waals surface area contributed by atoms with Crippen molar-refractivity contribution >= 4 is 20.9 Å². The van der Waals surface area contributed by atoms with Gasteiger partial charge in [0.05, 0.1) is 10.4 Å². The standard InChI is InChI=1S/C23H21NO2S/c1-17-8-11-22(12-9-17)27(25,26)24-15-14-21-16-20(10-13-23(21)24)18(2)19-6-4-3-5-7-19/h3-16,18H,1-2H3/t18-/m0/s1. The number of fused-ring (bicyclic) bond motifs is 1. The van der Waals surface area contributed by atoms with Gasteiger partial charge in [-0.3, -0.25) is 0 Å². The molecule has 0 aliphatic carbocycles. The molecule has 0 N–H and O–H groups in total. The van der Waals surface area contributed by atoms with Crippen LogP contribution in [0.1, 0.15) is 29.5 Å². The average Bonchev–Trinajstić information content (AvgIpc) is 3.12. The van der Waals surface area contributed by atoms with Crippen molar-refractivity contribution in [1.29, 1.82) is 0 Å². The summed E-state index contributed by atoms with van der Waals surface area (Å²) >= 11 is 0. The quantitative estimate of drug-likeness (QED) is 0.483. The van der Waals surface area contributed by atoms with Crippen molar-refractivity contribution < 1.29 is 8.42 Å². The molecule has 0 amide bonds. The van der Waals surface area contributed by atoms with Crippen LogP contribution in [0.15, 0.2) is 90.0 Å². The minimum absolute atomic E-state index is 0.243. The molecule has 1 heterocycles. The minimum Gasteiger partial charge on any atom is -0.241 e. The van der Waals surface area contributed by atoms with Gasteiger partial charge in [0.1, 0.15) is 0 Å². The van der Waals surface area contributed by atoms with Crippen LogP contribution in [0.5, 0.6) is 0 Å².